The molecule has 0 amide bonds. The third-order valence-corrected chi connectivity index (χ3v) is 4.52. The zero-order valence-electron chi connectivity index (χ0n) is 16.6. The van der Waals surface area contributed by atoms with Crippen LogP contribution in [-0.4, -0.2) is 47.8 Å². The molecule has 1 saturated heterocycles. The van der Waals surface area contributed by atoms with E-state index in [1.807, 2.05) is 48.6 Å². The number of benzene rings is 2. The summed E-state index contributed by atoms with van der Waals surface area (Å²) in [5.41, 5.74) is 2.01. The molecule has 0 N–H and O–H groups in total. The van der Waals surface area contributed by atoms with Crippen LogP contribution in [0.2, 0.25) is 0 Å². The second-order valence-electron chi connectivity index (χ2n) is 6.26. The highest BCUT2D eigenvalue weighted by atomic mass is 16.6. The van der Waals surface area contributed by atoms with Gasteiger partial charge in [-0.1, -0.05) is 24.3 Å². The summed E-state index contributed by atoms with van der Waals surface area (Å²) >= 11 is 0. The van der Waals surface area contributed by atoms with Gasteiger partial charge in [0.1, 0.15) is 12.2 Å². The predicted molar refractivity (Wildman–Crippen MR) is 107 cm³/mol. The lowest BCUT2D eigenvalue weighted by Gasteiger charge is -2.17. The Morgan fingerprint density at radius 1 is 0.893 bits per heavy atom. The van der Waals surface area contributed by atoms with Crippen LogP contribution in [0.1, 0.15) is 17.2 Å². The summed E-state index contributed by atoms with van der Waals surface area (Å²) in [6, 6.07) is 11.6. The maximum atomic E-state index is 6.08. The summed E-state index contributed by atoms with van der Waals surface area (Å²) in [7, 11) is 6.48. The lowest BCUT2D eigenvalue weighted by molar-refractivity contribution is 0.0510. The van der Waals surface area contributed by atoms with E-state index in [2.05, 4.69) is 0 Å². The minimum Gasteiger partial charge on any atom is -0.493 e. The first kappa shape index (κ1) is 20.0. The molecule has 2 aromatic carbocycles. The molecular formula is C22H26O6. The van der Waals surface area contributed by atoms with Crippen LogP contribution < -0.4 is 18.9 Å². The first-order valence-corrected chi connectivity index (χ1v) is 9.03. The Bertz CT molecular complexity index is 813. The minimum atomic E-state index is -0.158. The number of ether oxygens (including phenoxy) is 6. The minimum absolute atomic E-state index is 0.0626. The van der Waals surface area contributed by atoms with Crippen molar-refractivity contribution in [2.45, 2.75) is 12.2 Å². The van der Waals surface area contributed by atoms with Crippen LogP contribution in [0.5, 0.6) is 23.0 Å². The van der Waals surface area contributed by atoms with Gasteiger partial charge in [-0.3, -0.25) is 0 Å². The largest absolute Gasteiger partial charge is 0.493 e. The van der Waals surface area contributed by atoms with Crippen molar-refractivity contribution in [1.82, 2.24) is 0 Å². The van der Waals surface area contributed by atoms with Gasteiger partial charge in [-0.25, -0.2) is 0 Å². The van der Waals surface area contributed by atoms with Crippen LogP contribution in [0.25, 0.3) is 6.08 Å². The van der Waals surface area contributed by atoms with Gasteiger partial charge in [0.25, 0.3) is 0 Å². The van der Waals surface area contributed by atoms with Crippen molar-refractivity contribution in [3.8, 4) is 23.0 Å². The molecule has 0 aliphatic carbocycles. The smallest absolute Gasteiger partial charge is 0.161 e. The summed E-state index contributed by atoms with van der Waals surface area (Å²) in [4.78, 5) is 0. The third-order valence-electron chi connectivity index (χ3n) is 4.52. The fourth-order valence-corrected chi connectivity index (χ4v) is 2.98. The molecule has 0 bridgehead atoms. The Kier molecular flexibility index (Phi) is 6.79. The lowest BCUT2D eigenvalue weighted by Crippen LogP contribution is -2.11. The van der Waals surface area contributed by atoms with E-state index in [9.17, 15) is 0 Å². The normalized spacial score (nSPS) is 16.6. The molecule has 150 valence electrons. The molecule has 3 rings (SSSR count). The summed E-state index contributed by atoms with van der Waals surface area (Å²) in [6.45, 7) is 1.14. The van der Waals surface area contributed by atoms with E-state index >= 15 is 0 Å². The molecule has 6 nitrogen and oxygen atoms in total. The molecule has 1 fully saturated rings. The van der Waals surface area contributed by atoms with Gasteiger partial charge in [0.15, 0.2) is 23.0 Å². The van der Waals surface area contributed by atoms with Crippen LogP contribution in [0.4, 0.5) is 0 Å². The molecule has 1 aliphatic rings. The second kappa shape index (κ2) is 9.48. The maximum absolute atomic E-state index is 6.08. The van der Waals surface area contributed by atoms with Crippen molar-refractivity contribution in [3.63, 3.8) is 0 Å². The number of hydrogen-bond donors (Lipinski definition) is 0. The standard InChI is InChI=1S/C22H26O6/c1-23-17-9-7-15(12-19(17)25-3)6-5-11-27-22(21-14-28-21)16-8-10-18(24-2)20(13-16)26-4/h5-10,12-13,21-22H,11,14H2,1-4H3/b6-5+. The summed E-state index contributed by atoms with van der Waals surface area (Å²) < 4.78 is 32.8. The molecule has 0 aromatic heterocycles. The zero-order chi connectivity index (χ0) is 19.9. The van der Waals surface area contributed by atoms with E-state index in [1.165, 1.54) is 0 Å². The fraction of sp³-hybridized carbons (Fsp3) is 0.364. The highest BCUT2D eigenvalue weighted by molar-refractivity contribution is 5.56. The molecule has 1 aliphatic heterocycles. The van der Waals surface area contributed by atoms with Crippen molar-refractivity contribution in [1.29, 1.82) is 0 Å². The van der Waals surface area contributed by atoms with Crippen LogP contribution in [0.3, 0.4) is 0 Å². The topological polar surface area (TPSA) is 58.7 Å². The van der Waals surface area contributed by atoms with E-state index in [0.717, 1.165) is 11.1 Å². The quantitative estimate of drug-likeness (QED) is 0.578. The Morgan fingerprint density at radius 3 is 2.11 bits per heavy atom. The Labute approximate surface area is 165 Å². The third kappa shape index (κ3) is 4.77. The monoisotopic (exact) mass is 386 g/mol. The molecular weight excluding hydrogens is 360 g/mol. The predicted octanol–water partition coefficient (Wildman–Crippen LogP) is 3.89. The SMILES string of the molecule is COc1ccc(/C=C/COC(c2ccc(OC)c(OC)c2)C2CO2)cc1OC. The Morgan fingerprint density at radius 2 is 1.50 bits per heavy atom. The molecule has 1 heterocycles. The van der Waals surface area contributed by atoms with Gasteiger partial charge in [0, 0.05) is 0 Å². The molecule has 28 heavy (non-hydrogen) atoms. The van der Waals surface area contributed by atoms with E-state index < -0.39 is 0 Å². The highest BCUT2D eigenvalue weighted by Crippen LogP contribution is 2.36. The summed E-state index contributed by atoms with van der Waals surface area (Å²) in [5, 5.41) is 0. The molecule has 2 aromatic rings. The van der Waals surface area contributed by atoms with Crippen molar-refractivity contribution >= 4 is 6.08 Å². The Hall–Kier alpha value is -2.70. The lowest BCUT2D eigenvalue weighted by atomic mass is 10.1. The van der Waals surface area contributed by atoms with Gasteiger partial charge in [-0.05, 0) is 35.4 Å². The van der Waals surface area contributed by atoms with E-state index in [0.29, 0.717) is 36.2 Å². The van der Waals surface area contributed by atoms with Gasteiger partial charge >= 0.3 is 0 Å². The average Bonchev–Trinajstić information content (AvgIpc) is 3.58. The maximum Gasteiger partial charge on any atom is 0.161 e. The van der Waals surface area contributed by atoms with E-state index in [-0.39, 0.29) is 12.2 Å². The second-order valence-corrected chi connectivity index (χ2v) is 6.26. The molecule has 6 heteroatoms. The van der Waals surface area contributed by atoms with Crippen LogP contribution in [0.15, 0.2) is 42.5 Å². The van der Waals surface area contributed by atoms with E-state index in [1.54, 1.807) is 28.4 Å². The number of hydrogen-bond acceptors (Lipinski definition) is 6. The van der Waals surface area contributed by atoms with E-state index in [4.69, 9.17) is 28.4 Å². The van der Waals surface area contributed by atoms with Gasteiger partial charge in [0.2, 0.25) is 0 Å². The van der Waals surface area contributed by atoms with Crippen LogP contribution >= 0.6 is 0 Å². The first-order valence-electron chi connectivity index (χ1n) is 9.03. The molecule has 2 unspecified atom stereocenters. The molecule has 2 atom stereocenters. The summed E-state index contributed by atoms with van der Waals surface area (Å²) in [6.07, 6.45) is 3.86. The number of rotatable bonds is 10. The molecule has 0 saturated carbocycles. The number of epoxide rings is 1. The van der Waals surface area contributed by atoms with Gasteiger partial charge in [-0.15, -0.1) is 0 Å². The molecule has 0 radical (unpaired) electrons. The molecule has 0 spiro atoms. The summed E-state index contributed by atoms with van der Waals surface area (Å²) in [5.74, 6) is 2.76. The van der Waals surface area contributed by atoms with Crippen molar-refractivity contribution in [2.24, 2.45) is 0 Å². The van der Waals surface area contributed by atoms with Gasteiger partial charge in [0.05, 0.1) is 41.7 Å². The zero-order valence-corrected chi connectivity index (χ0v) is 16.6. The van der Waals surface area contributed by atoms with Gasteiger partial charge < -0.3 is 28.4 Å². The van der Waals surface area contributed by atoms with Crippen molar-refractivity contribution < 1.29 is 28.4 Å². The first-order chi connectivity index (χ1) is 13.7. The number of methoxy groups -OCH3 is 4. The average molecular weight is 386 g/mol. The Balaban J connectivity index is 1.65. The van der Waals surface area contributed by atoms with Crippen molar-refractivity contribution in [2.75, 3.05) is 41.7 Å². The highest BCUT2D eigenvalue weighted by Gasteiger charge is 2.35. The van der Waals surface area contributed by atoms with Crippen LogP contribution in [-0.2, 0) is 9.47 Å². The van der Waals surface area contributed by atoms with Crippen molar-refractivity contribution in [3.05, 3.63) is 53.6 Å². The van der Waals surface area contributed by atoms with Gasteiger partial charge in [-0.2, -0.15) is 0 Å². The fourth-order valence-electron chi connectivity index (χ4n) is 2.98. The van der Waals surface area contributed by atoms with Crippen LogP contribution in [0, 0.1) is 0 Å².